The molecule has 1 N–H and O–H groups in total. The molecule has 0 saturated carbocycles. The van der Waals surface area contributed by atoms with Crippen LogP contribution < -0.4 is 15.0 Å². The fraction of sp³-hybridized carbons (Fsp3) is 0.294. The fourth-order valence-electron chi connectivity index (χ4n) is 2.67. The first-order valence-electron chi connectivity index (χ1n) is 7.42. The number of anilines is 2. The molecule has 1 aliphatic heterocycles. The van der Waals surface area contributed by atoms with Gasteiger partial charge in [-0.15, -0.1) is 11.8 Å². The Morgan fingerprint density at radius 1 is 1.35 bits per heavy atom. The van der Waals surface area contributed by atoms with E-state index in [1.165, 1.54) is 0 Å². The van der Waals surface area contributed by atoms with Gasteiger partial charge in [0.15, 0.2) is 0 Å². The minimum atomic E-state index is -0.145. The summed E-state index contributed by atoms with van der Waals surface area (Å²) >= 11 is 1.70. The summed E-state index contributed by atoms with van der Waals surface area (Å²) in [6.45, 7) is 4.66. The molecule has 1 aromatic heterocycles. The van der Waals surface area contributed by atoms with Crippen LogP contribution in [0.25, 0.3) is 0 Å². The molecular weight excluding hydrogens is 310 g/mol. The lowest BCUT2D eigenvalue weighted by atomic mass is 10.2. The zero-order valence-electron chi connectivity index (χ0n) is 13.4. The third-order valence-electron chi connectivity index (χ3n) is 3.67. The summed E-state index contributed by atoms with van der Waals surface area (Å²) in [6, 6.07) is 9.21. The monoisotopic (exact) mass is 329 g/mol. The molecule has 2 heterocycles. The number of hydrogen-bond donors (Lipinski definition) is 1. The molecule has 23 heavy (non-hydrogen) atoms. The molecule has 0 bridgehead atoms. The number of benzene rings is 1. The smallest absolute Gasteiger partial charge is 0.326 e. The van der Waals surface area contributed by atoms with E-state index in [0.717, 1.165) is 27.7 Å². The molecule has 0 fully saturated rings. The van der Waals surface area contributed by atoms with Gasteiger partial charge in [0, 0.05) is 29.7 Å². The van der Waals surface area contributed by atoms with Crippen molar-refractivity contribution >= 4 is 29.2 Å². The Balaban J connectivity index is 1.87. The Hall–Kier alpha value is -2.21. The van der Waals surface area contributed by atoms with Gasteiger partial charge >= 0.3 is 6.03 Å². The minimum Gasteiger partial charge on any atom is -0.497 e. The summed E-state index contributed by atoms with van der Waals surface area (Å²) in [5, 5.41) is 3.86. The van der Waals surface area contributed by atoms with Crippen LogP contribution in [0.15, 0.2) is 35.4 Å². The Bertz CT molecular complexity index is 749. The van der Waals surface area contributed by atoms with E-state index in [0.29, 0.717) is 18.0 Å². The largest absolute Gasteiger partial charge is 0.497 e. The van der Waals surface area contributed by atoms with Gasteiger partial charge in [-0.2, -0.15) is 0 Å². The summed E-state index contributed by atoms with van der Waals surface area (Å²) in [5.41, 5.74) is 3.67. The molecule has 5 nitrogen and oxygen atoms in total. The van der Waals surface area contributed by atoms with Gasteiger partial charge in [-0.1, -0.05) is 6.07 Å². The van der Waals surface area contributed by atoms with Gasteiger partial charge in [0.1, 0.15) is 10.8 Å². The van der Waals surface area contributed by atoms with E-state index in [9.17, 15) is 4.79 Å². The molecule has 0 aliphatic carbocycles. The normalized spacial score (nSPS) is 13.4. The van der Waals surface area contributed by atoms with Gasteiger partial charge in [0.25, 0.3) is 0 Å². The number of hydrogen-bond acceptors (Lipinski definition) is 4. The van der Waals surface area contributed by atoms with Gasteiger partial charge in [-0.25, -0.2) is 9.78 Å². The van der Waals surface area contributed by atoms with E-state index < -0.39 is 0 Å². The molecule has 1 aliphatic rings. The third-order valence-corrected chi connectivity index (χ3v) is 4.61. The molecule has 0 atom stereocenters. The highest BCUT2D eigenvalue weighted by Gasteiger charge is 2.26. The molecule has 2 amide bonds. The lowest BCUT2D eigenvalue weighted by Gasteiger charge is -2.30. The van der Waals surface area contributed by atoms with Crippen molar-refractivity contribution in [2.75, 3.05) is 29.6 Å². The van der Waals surface area contributed by atoms with Gasteiger partial charge in [-0.3, -0.25) is 4.90 Å². The average Bonchev–Trinajstić information content (AvgIpc) is 2.54. The number of nitrogens with one attached hydrogen (secondary N) is 1. The molecular formula is C17H19N3O2S. The number of amides is 2. The summed E-state index contributed by atoms with van der Waals surface area (Å²) in [7, 11) is 1.61. The zero-order valence-corrected chi connectivity index (χ0v) is 14.2. The molecule has 0 radical (unpaired) electrons. The first kappa shape index (κ1) is 15.7. The molecule has 120 valence electrons. The van der Waals surface area contributed by atoms with Crippen LogP contribution in [0.3, 0.4) is 0 Å². The van der Waals surface area contributed by atoms with Crippen LogP contribution in [0, 0.1) is 13.8 Å². The van der Waals surface area contributed by atoms with Crippen molar-refractivity contribution in [3.05, 3.63) is 41.6 Å². The maximum Gasteiger partial charge on any atom is 0.326 e. The second-order valence-electron chi connectivity index (χ2n) is 5.40. The summed E-state index contributed by atoms with van der Waals surface area (Å²) in [4.78, 5) is 19.0. The maximum atomic E-state index is 12.7. The summed E-state index contributed by atoms with van der Waals surface area (Å²) in [5.74, 6) is 1.56. The number of carbonyl (C=O) groups excluding carboxylic acids is 1. The lowest BCUT2D eigenvalue weighted by Crippen LogP contribution is -2.39. The van der Waals surface area contributed by atoms with Crippen LogP contribution in [0.5, 0.6) is 5.75 Å². The molecule has 1 aromatic carbocycles. The van der Waals surface area contributed by atoms with Crippen molar-refractivity contribution in [3.63, 3.8) is 0 Å². The zero-order chi connectivity index (χ0) is 16.4. The summed E-state index contributed by atoms with van der Waals surface area (Å²) in [6.07, 6.45) is 0. The number of aromatic nitrogens is 1. The highest BCUT2D eigenvalue weighted by Crippen LogP contribution is 2.36. The molecule has 0 spiro atoms. The second-order valence-corrected chi connectivity index (χ2v) is 6.48. The van der Waals surface area contributed by atoms with Crippen LogP contribution in [-0.4, -0.2) is 30.4 Å². The van der Waals surface area contributed by atoms with E-state index in [1.807, 2.05) is 38.1 Å². The first-order valence-corrected chi connectivity index (χ1v) is 8.40. The van der Waals surface area contributed by atoms with Crippen molar-refractivity contribution in [2.45, 2.75) is 18.9 Å². The predicted molar refractivity (Wildman–Crippen MR) is 93.8 cm³/mol. The number of pyridine rings is 1. The quantitative estimate of drug-likeness (QED) is 0.909. The Kier molecular flexibility index (Phi) is 4.43. The van der Waals surface area contributed by atoms with Crippen LogP contribution in [0.1, 0.15) is 11.3 Å². The van der Waals surface area contributed by atoms with E-state index in [2.05, 4.69) is 10.3 Å². The number of fused-ring (bicyclic) bond motifs is 1. The number of nitrogens with zero attached hydrogens (tertiary/aromatic N) is 2. The molecule has 6 heteroatoms. The fourth-order valence-corrected chi connectivity index (χ4v) is 3.75. The van der Waals surface area contributed by atoms with Crippen molar-refractivity contribution in [2.24, 2.45) is 0 Å². The van der Waals surface area contributed by atoms with Crippen LogP contribution in [-0.2, 0) is 0 Å². The van der Waals surface area contributed by atoms with Crippen molar-refractivity contribution < 1.29 is 9.53 Å². The maximum absolute atomic E-state index is 12.7. The van der Waals surface area contributed by atoms with Crippen LogP contribution in [0.2, 0.25) is 0 Å². The van der Waals surface area contributed by atoms with Crippen LogP contribution in [0.4, 0.5) is 16.2 Å². The van der Waals surface area contributed by atoms with Crippen LogP contribution >= 0.6 is 11.8 Å². The van der Waals surface area contributed by atoms with E-state index in [1.54, 1.807) is 29.8 Å². The van der Waals surface area contributed by atoms with E-state index in [4.69, 9.17) is 4.74 Å². The van der Waals surface area contributed by atoms with Crippen molar-refractivity contribution in [1.29, 1.82) is 0 Å². The lowest BCUT2D eigenvalue weighted by molar-refractivity contribution is 0.257. The van der Waals surface area contributed by atoms with Gasteiger partial charge in [-0.05, 0) is 37.6 Å². The molecule has 0 unspecified atom stereocenters. The van der Waals surface area contributed by atoms with E-state index in [-0.39, 0.29) is 6.03 Å². The molecule has 0 saturated heterocycles. The molecule has 2 aromatic rings. The van der Waals surface area contributed by atoms with Gasteiger partial charge in [0.2, 0.25) is 0 Å². The first-order chi connectivity index (χ1) is 11.1. The Morgan fingerprint density at radius 3 is 2.96 bits per heavy atom. The van der Waals surface area contributed by atoms with Crippen molar-refractivity contribution in [1.82, 2.24) is 4.98 Å². The third kappa shape index (κ3) is 3.27. The number of carbonyl (C=O) groups is 1. The van der Waals surface area contributed by atoms with E-state index >= 15 is 0 Å². The number of urea groups is 1. The average molecular weight is 329 g/mol. The number of aryl methyl sites for hydroxylation is 2. The predicted octanol–water partition coefficient (Wildman–Crippen LogP) is 3.85. The summed E-state index contributed by atoms with van der Waals surface area (Å²) < 4.78 is 5.19. The Labute approximate surface area is 140 Å². The standard InChI is InChI=1S/C17H19N3O2S/c1-11-9-12(2)18-16-15(11)20(7-8-23-16)17(21)19-13-5-4-6-14(10-13)22-3/h4-6,9-10H,7-8H2,1-3H3,(H,19,21). The number of methoxy groups -OCH3 is 1. The Morgan fingerprint density at radius 2 is 2.17 bits per heavy atom. The van der Waals surface area contributed by atoms with Gasteiger partial charge < -0.3 is 10.1 Å². The second kappa shape index (κ2) is 6.50. The number of rotatable bonds is 2. The number of thioether (sulfide) groups is 1. The molecule has 3 rings (SSSR count). The highest BCUT2D eigenvalue weighted by molar-refractivity contribution is 7.99. The SMILES string of the molecule is COc1cccc(NC(=O)N2CCSc3nc(C)cc(C)c32)c1. The number of ether oxygens (including phenoxy) is 1. The van der Waals surface area contributed by atoms with Gasteiger partial charge in [0.05, 0.1) is 12.8 Å². The minimum absolute atomic E-state index is 0.145. The van der Waals surface area contributed by atoms with Crippen molar-refractivity contribution in [3.8, 4) is 5.75 Å². The topological polar surface area (TPSA) is 54.5 Å². The highest BCUT2D eigenvalue weighted by atomic mass is 32.2.